The van der Waals surface area contributed by atoms with Crippen molar-refractivity contribution in [3.8, 4) is 5.75 Å². The normalized spacial score (nSPS) is 23.9. The van der Waals surface area contributed by atoms with Gasteiger partial charge in [0.25, 0.3) is 5.56 Å². The van der Waals surface area contributed by atoms with E-state index in [1.54, 1.807) is 11.5 Å². The van der Waals surface area contributed by atoms with Crippen molar-refractivity contribution in [1.82, 2.24) is 4.57 Å². The van der Waals surface area contributed by atoms with Crippen LogP contribution in [0.25, 0.3) is 6.08 Å². The van der Waals surface area contributed by atoms with E-state index in [4.69, 9.17) is 9.73 Å². The Morgan fingerprint density at radius 1 is 1.19 bits per heavy atom. The summed E-state index contributed by atoms with van der Waals surface area (Å²) in [7, 11) is 3.98. The molecular formula is C24H23N3O3S. The molecule has 0 amide bonds. The van der Waals surface area contributed by atoms with Gasteiger partial charge in [0.1, 0.15) is 17.5 Å². The molecule has 2 aromatic carbocycles. The van der Waals surface area contributed by atoms with Gasteiger partial charge in [0.15, 0.2) is 4.80 Å². The Labute approximate surface area is 183 Å². The van der Waals surface area contributed by atoms with Crippen LogP contribution in [0.4, 0.5) is 5.69 Å². The molecule has 3 heterocycles. The first-order valence-corrected chi connectivity index (χ1v) is 11.0. The van der Waals surface area contributed by atoms with Crippen LogP contribution in [0, 0.1) is 5.92 Å². The second-order valence-electron chi connectivity index (χ2n) is 8.39. The lowest BCUT2D eigenvalue weighted by atomic mass is 9.79. The number of nitrogens with zero attached hydrogens (tertiary/aromatic N) is 3. The van der Waals surface area contributed by atoms with Gasteiger partial charge in [-0.3, -0.25) is 14.2 Å². The van der Waals surface area contributed by atoms with Crippen molar-refractivity contribution in [2.24, 2.45) is 10.9 Å². The number of anilines is 1. The average molecular weight is 434 g/mol. The Bertz CT molecular complexity index is 1370. The molecule has 0 spiro atoms. The first kappa shape index (κ1) is 19.8. The number of carbonyl (C=O) groups excluding carboxylic acids is 1. The zero-order valence-corrected chi connectivity index (χ0v) is 18.6. The molecule has 158 valence electrons. The molecule has 1 aromatic heterocycles. The molecule has 7 heteroatoms. The Kier molecular flexibility index (Phi) is 4.41. The van der Waals surface area contributed by atoms with Crippen molar-refractivity contribution in [2.45, 2.75) is 25.6 Å². The molecule has 2 bridgehead atoms. The summed E-state index contributed by atoms with van der Waals surface area (Å²) in [6.07, 6.45) is 1.88. The summed E-state index contributed by atoms with van der Waals surface area (Å²) in [6, 6.07) is 15.2. The van der Waals surface area contributed by atoms with Gasteiger partial charge in [-0.2, -0.15) is 0 Å². The highest BCUT2D eigenvalue weighted by molar-refractivity contribution is 7.07. The standard InChI is InChI=1S/C24H23N3O3S/c1-14(28)20-21-17-7-5-6-8-18(17)30-24(20,2)25-23-27(21)22(29)19(31-23)13-15-9-11-16(12-10-15)26(3)4/h5-13,20-21H,1-4H3/b19-13+/t20-,21+,24+/m1/s1. The van der Waals surface area contributed by atoms with Crippen LogP contribution in [0.3, 0.4) is 0 Å². The molecule has 0 unspecified atom stereocenters. The topological polar surface area (TPSA) is 63.9 Å². The monoisotopic (exact) mass is 433 g/mol. The summed E-state index contributed by atoms with van der Waals surface area (Å²) in [5.74, 6) is 0.0681. The molecule has 0 fully saturated rings. The third kappa shape index (κ3) is 3.03. The summed E-state index contributed by atoms with van der Waals surface area (Å²) < 4.78 is 8.48. The molecule has 0 saturated heterocycles. The van der Waals surface area contributed by atoms with Crippen LogP contribution in [-0.4, -0.2) is 30.2 Å². The summed E-state index contributed by atoms with van der Waals surface area (Å²) in [6.45, 7) is 3.38. The van der Waals surface area contributed by atoms with Crippen molar-refractivity contribution in [2.75, 3.05) is 19.0 Å². The Hall–Kier alpha value is -3.19. The minimum absolute atomic E-state index is 0.0423. The van der Waals surface area contributed by atoms with Crippen molar-refractivity contribution in [3.05, 3.63) is 79.3 Å². The van der Waals surface area contributed by atoms with Gasteiger partial charge in [0.05, 0.1) is 10.6 Å². The van der Waals surface area contributed by atoms with Gasteiger partial charge < -0.3 is 9.64 Å². The fourth-order valence-corrected chi connectivity index (χ4v) is 5.68. The minimum Gasteiger partial charge on any atom is -0.465 e. The van der Waals surface area contributed by atoms with Gasteiger partial charge in [-0.15, -0.1) is 0 Å². The van der Waals surface area contributed by atoms with Crippen LogP contribution < -0.4 is 24.5 Å². The predicted octanol–water partition coefficient (Wildman–Crippen LogP) is 2.34. The lowest BCUT2D eigenvalue weighted by Gasteiger charge is -2.45. The summed E-state index contributed by atoms with van der Waals surface area (Å²) in [5.41, 5.74) is 1.71. The van der Waals surface area contributed by atoms with Crippen LogP contribution in [0.15, 0.2) is 58.3 Å². The van der Waals surface area contributed by atoms with Crippen LogP contribution in [-0.2, 0) is 4.79 Å². The van der Waals surface area contributed by atoms with E-state index in [-0.39, 0.29) is 11.3 Å². The lowest BCUT2D eigenvalue weighted by Crippen LogP contribution is -2.58. The van der Waals surface area contributed by atoms with E-state index in [0.717, 1.165) is 16.8 Å². The molecule has 0 N–H and O–H groups in total. The maximum atomic E-state index is 13.5. The number of Topliss-reactive ketones (excluding diaryl/α,β-unsaturated/α-hetero) is 1. The Morgan fingerprint density at radius 3 is 2.58 bits per heavy atom. The molecule has 0 saturated carbocycles. The number of carbonyl (C=O) groups is 1. The van der Waals surface area contributed by atoms with Gasteiger partial charge in [0.2, 0.25) is 5.72 Å². The van der Waals surface area contributed by atoms with E-state index in [1.165, 1.54) is 11.3 Å². The smallest absolute Gasteiger partial charge is 0.270 e. The highest BCUT2D eigenvalue weighted by Crippen LogP contribution is 2.47. The first-order valence-electron chi connectivity index (χ1n) is 10.2. The second-order valence-corrected chi connectivity index (χ2v) is 9.40. The van der Waals surface area contributed by atoms with Crippen LogP contribution in [0.2, 0.25) is 0 Å². The maximum Gasteiger partial charge on any atom is 0.270 e. The van der Waals surface area contributed by atoms with Gasteiger partial charge in [-0.25, -0.2) is 4.99 Å². The van der Waals surface area contributed by atoms with Gasteiger partial charge in [-0.05, 0) is 43.7 Å². The molecule has 5 rings (SSSR count). The fourth-order valence-electron chi connectivity index (χ4n) is 4.58. The number of rotatable bonds is 3. The van der Waals surface area contributed by atoms with Gasteiger partial charge in [0, 0.05) is 25.3 Å². The molecule has 2 aliphatic heterocycles. The number of thiazole rings is 1. The molecule has 3 aromatic rings. The third-order valence-corrected chi connectivity index (χ3v) is 7.01. The molecule has 2 aliphatic rings. The number of ketones is 1. The Morgan fingerprint density at radius 2 is 1.90 bits per heavy atom. The number of para-hydroxylation sites is 1. The van der Waals surface area contributed by atoms with E-state index in [2.05, 4.69) is 0 Å². The molecule has 6 nitrogen and oxygen atoms in total. The molecular weight excluding hydrogens is 410 g/mol. The van der Waals surface area contributed by atoms with Crippen molar-refractivity contribution in [1.29, 1.82) is 0 Å². The number of benzene rings is 2. The van der Waals surface area contributed by atoms with Crippen LogP contribution in [0.1, 0.15) is 31.0 Å². The largest absolute Gasteiger partial charge is 0.465 e. The highest BCUT2D eigenvalue weighted by Gasteiger charge is 2.53. The lowest BCUT2D eigenvalue weighted by molar-refractivity contribution is -0.132. The van der Waals surface area contributed by atoms with E-state index in [1.807, 2.05) is 80.5 Å². The van der Waals surface area contributed by atoms with Gasteiger partial charge >= 0.3 is 0 Å². The van der Waals surface area contributed by atoms with Gasteiger partial charge in [-0.1, -0.05) is 41.7 Å². The van der Waals surface area contributed by atoms with Crippen molar-refractivity contribution < 1.29 is 9.53 Å². The number of aromatic nitrogens is 1. The Balaban J connectivity index is 1.73. The van der Waals surface area contributed by atoms with Crippen molar-refractivity contribution in [3.63, 3.8) is 0 Å². The molecule has 3 atom stereocenters. The number of hydrogen-bond donors (Lipinski definition) is 0. The quantitative estimate of drug-likeness (QED) is 0.636. The first-order chi connectivity index (χ1) is 14.8. The zero-order valence-electron chi connectivity index (χ0n) is 17.8. The second kappa shape index (κ2) is 6.92. The minimum atomic E-state index is -1.03. The summed E-state index contributed by atoms with van der Waals surface area (Å²) in [4.78, 5) is 33.6. The number of fused-ring (bicyclic) bond motifs is 6. The fraction of sp³-hybridized carbons (Fsp3) is 0.292. The summed E-state index contributed by atoms with van der Waals surface area (Å²) >= 11 is 1.34. The zero-order chi connectivity index (χ0) is 21.9. The van der Waals surface area contributed by atoms with Crippen LogP contribution in [0.5, 0.6) is 5.75 Å². The third-order valence-electron chi connectivity index (χ3n) is 6.02. The SMILES string of the molecule is CC(=O)[C@@H]1[C@@H]2c3ccccc3O[C@]1(C)N=c1s/c(=C/c3ccc(N(C)C)cc3)c(=O)n12. The molecule has 31 heavy (non-hydrogen) atoms. The number of hydrogen-bond acceptors (Lipinski definition) is 6. The molecule has 0 aliphatic carbocycles. The predicted molar refractivity (Wildman–Crippen MR) is 121 cm³/mol. The van der Waals surface area contributed by atoms with E-state index in [0.29, 0.717) is 15.1 Å². The summed E-state index contributed by atoms with van der Waals surface area (Å²) in [5, 5.41) is 0. The van der Waals surface area contributed by atoms with Crippen molar-refractivity contribution >= 4 is 28.9 Å². The van der Waals surface area contributed by atoms with E-state index in [9.17, 15) is 9.59 Å². The average Bonchev–Trinajstić information content (AvgIpc) is 3.01. The highest BCUT2D eigenvalue weighted by atomic mass is 32.1. The maximum absolute atomic E-state index is 13.5. The number of ether oxygens (including phenoxy) is 1. The molecule has 0 radical (unpaired) electrons. The van der Waals surface area contributed by atoms with Crippen LogP contribution >= 0.6 is 11.3 Å². The van der Waals surface area contributed by atoms with E-state index < -0.39 is 17.7 Å². The van der Waals surface area contributed by atoms with E-state index >= 15 is 0 Å².